The van der Waals surface area contributed by atoms with Crippen molar-refractivity contribution in [3.05, 3.63) is 68.5 Å². The molecule has 0 saturated carbocycles. The SMILES string of the molecule is COCCn1c(=O)n(C)c(=O)c2ccc([C@H]3CCCN(Cc4ccc(OC)cc4)C3)nc21. The number of hydrogen-bond donors (Lipinski definition) is 0. The van der Waals surface area contributed by atoms with Crippen LogP contribution in [-0.4, -0.2) is 52.9 Å². The van der Waals surface area contributed by atoms with Gasteiger partial charge >= 0.3 is 5.69 Å². The van der Waals surface area contributed by atoms with Gasteiger partial charge in [0.25, 0.3) is 5.56 Å². The summed E-state index contributed by atoms with van der Waals surface area (Å²) in [4.78, 5) is 32.6. The van der Waals surface area contributed by atoms with Gasteiger partial charge in [-0.2, -0.15) is 0 Å². The molecule has 1 atom stereocenters. The molecule has 8 heteroatoms. The van der Waals surface area contributed by atoms with Crippen LogP contribution in [-0.2, 0) is 24.9 Å². The van der Waals surface area contributed by atoms with Crippen LogP contribution in [0.1, 0.15) is 30.0 Å². The van der Waals surface area contributed by atoms with Crippen molar-refractivity contribution in [1.29, 1.82) is 0 Å². The van der Waals surface area contributed by atoms with E-state index in [0.29, 0.717) is 24.2 Å². The highest BCUT2D eigenvalue weighted by molar-refractivity contribution is 5.74. The molecule has 3 aromatic rings. The monoisotopic (exact) mass is 438 g/mol. The summed E-state index contributed by atoms with van der Waals surface area (Å²) in [5, 5.41) is 0.456. The van der Waals surface area contributed by atoms with Gasteiger partial charge in [-0.15, -0.1) is 0 Å². The Labute approximate surface area is 187 Å². The van der Waals surface area contributed by atoms with Gasteiger partial charge in [0.05, 0.1) is 25.6 Å². The molecule has 8 nitrogen and oxygen atoms in total. The second kappa shape index (κ2) is 9.67. The molecule has 0 unspecified atom stereocenters. The maximum absolute atomic E-state index is 12.7. The van der Waals surface area contributed by atoms with Gasteiger partial charge in [0.2, 0.25) is 0 Å². The third kappa shape index (κ3) is 4.47. The summed E-state index contributed by atoms with van der Waals surface area (Å²) in [6.07, 6.45) is 2.11. The van der Waals surface area contributed by atoms with Crippen LogP contribution in [0.2, 0.25) is 0 Å². The van der Waals surface area contributed by atoms with E-state index in [2.05, 4.69) is 17.0 Å². The third-order valence-corrected chi connectivity index (χ3v) is 6.21. The molecule has 0 bridgehead atoms. The van der Waals surface area contributed by atoms with Crippen molar-refractivity contribution in [1.82, 2.24) is 19.0 Å². The standard InChI is InChI=1S/C24H30N4O4/c1-26-23(29)20-10-11-21(25-22(20)28(24(26)30)13-14-31-2)18-5-4-12-27(16-18)15-17-6-8-19(32-3)9-7-17/h6-11,18H,4-5,12-16H2,1-3H3/t18-/m0/s1. The van der Waals surface area contributed by atoms with Crippen molar-refractivity contribution >= 4 is 11.0 Å². The Bertz CT molecular complexity index is 1200. The van der Waals surface area contributed by atoms with Crippen LogP contribution in [0.4, 0.5) is 0 Å². The Morgan fingerprint density at radius 1 is 1.09 bits per heavy atom. The van der Waals surface area contributed by atoms with Gasteiger partial charge < -0.3 is 9.47 Å². The molecule has 0 N–H and O–H groups in total. The molecular weight excluding hydrogens is 408 g/mol. The summed E-state index contributed by atoms with van der Waals surface area (Å²) < 4.78 is 13.1. The van der Waals surface area contributed by atoms with E-state index in [0.717, 1.165) is 48.5 Å². The molecule has 0 amide bonds. The number of likely N-dealkylation sites (tertiary alicyclic amines) is 1. The highest BCUT2D eigenvalue weighted by Gasteiger charge is 2.24. The van der Waals surface area contributed by atoms with Gasteiger partial charge in [-0.05, 0) is 49.2 Å². The predicted octanol–water partition coefficient (Wildman–Crippen LogP) is 2.13. The van der Waals surface area contributed by atoms with E-state index < -0.39 is 0 Å². The molecule has 0 aliphatic carbocycles. The quantitative estimate of drug-likeness (QED) is 0.562. The number of ether oxygens (including phenoxy) is 2. The number of fused-ring (bicyclic) bond motifs is 1. The number of aromatic nitrogens is 3. The number of benzene rings is 1. The molecule has 1 aliphatic heterocycles. The number of nitrogens with zero attached hydrogens (tertiary/aromatic N) is 4. The van der Waals surface area contributed by atoms with Crippen molar-refractivity contribution in [3.8, 4) is 5.75 Å². The maximum atomic E-state index is 12.7. The lowest BCUT2D eigenvalue weighted by Crippen LogP contribution is -2.39. The normalized spacial score (nSPS) is 17.0. The lowest BCUT2D eigenvalue weighted by atomic mass is 9.93. The minimum absolute atomic E-state index is 0.251. The van der Waals surface area contributed by atoms with E-state index in [1.54, 1.807) is 18.8 Å². The van der Waals surface area contributed by atoms with Gasteiger partial charge in [0, 0.05) is 38.9 Å². The highest BCUT2D eigenvalue weighted by Crippen LogP contribution is 2.27. The van der Waals surface area contributed by atoms with Crippen LogP contribution in [0.15, 0.2) is 46.0 Å². The molecule has 3 heterocycles. The topological polar surface area (TPSA) is 78.6 Å². The third-order valence-electron chi connectivity index (χ3n) is 6.21. The van der Waals surface area contributed by atoms with E-state index in [-0.39, 0.29) is 17.2 Å². The number of pyridine rings is 1. The van der Waals surface area contributed by atoms with Gasteiger partial charge in [-0.25, -0.2) is 9.78 Å². The average molecular weight is 439 g/mol. The molecule has 0 radical (unpaired) electrons. The molecule has 0 spiro atoms. The molecule has 1 aliphatic rings. The molecule has 170 valence electrons. The molecule has 2 aromatic heterocycles. The summed E-state index contributed by atoms with van der Waals surface area (Å²) in [6, 6.07) is 11.9. The number of rotatable bonds is 7. The Hall–Kier alpha value is -2.97. The fraction of sp³-hybridized carbons (Fsp3) is 0.458. The second-order valence-corrected chi connectivity index (χ2v) is 8.32. The first-order valence-electron chi connectivity index (χ1n) is 11.0. The van der Waals surface area contributed by atoms with E-state index in [1.807, 2.05) is 24.3 Å². The molecular formula is C24H30N4O4. The highest BCUT2D eigenvalue weighted by atomic mass is 16.5. The number of methoxy groups -OCH3 is 2. The van der Waals surface area contributed by atoms with Crippen molar-refractivity contribution in [3.63, 3.8) is 0 Å². The van der Waals surface area contributed by atoms with Crippen LogP contribution in [0.3, 0.4) is 0 Å². The minimum Gasteiger partial charge on any atom is -0.497 e. The van der Waals surface area contributed by atoms with Crippen LogP contribution in [0, 0.1) is 0 Å². The van der Waals surface area contributed by atoms with Gasteiger partial charge in [-0.3, -0.25) is 18.8 Å². The van der Waals surface area contributed by atoms with Crippen molar-refractivity contribution in [2.24, 2.45) is 7.05 Å². The van der Waals surface area contributed by atoms with Crippen LogP contribution in [0.25, 0.3) is 11.0 Å². The number of hydrogen-bond acceptors (Lipinski definition) is 6. The lowest BCUT2D eigenvalue weighted by Gasteiger charge is -2.32. The van der Waals surface area contributed by atoms with Gasteiger partial charge in [-0.1, -0.05) is 12.1 Å². The molecule has 32 heavy (non-hydrogen) atoms. The smallest absolute Gasteiger partial charge is 0.332 e. The van der Waals surface area contributed by atoms with E-state index in [1.165, 1.54) is 12.6 Å². The van der Waals surface area contributed by atoms with Crippen LogP contribution in [0.5, 0.6) is 5.75 Å². The second-order valence-electron chi connectivity index (χ2n) is 8.32. The molecule has 4 rings (SSSR count). The Kier molecular flexibility index (Phi) is 6.72. The summed E-state index contributed by atoms with van der Waals surface area (Å²) in [5.74, 6) is 1.11. The summed E-state index contributed by atoms with van der Waals surface area (Å²) in [6.45, 7) is 3.52. The van der Waals surface area contributed by atoms with Crippen molar-refractivity contribution in [2.75, 3.05) is 33.9 Å². The Balaban J connectivity index is 1.61. The largest absolute Gasteiger partial charge is 0.497 e. The first kappa shape index (κ1) is 22.2. The van der Waals surface area contributed by atoms with Crippen LogP contribution < -0.4 is 16.0 Å². The first-order chi connectivity index (χ1) is 15.5. The van der Waals surface area contributed by atoms with E-state index >= 15 is 0 Å². The first-order valence-corrected chi connectivity index (χ1v) is 11.0. The van der Waals surface area contributed by atoms with Gasteiger partial charge in [0.15, 0.2) is 0 Å². The summed E-state index contributed by atoms with van der Waals surface area (Å²) >= 11 is 0. The summed E-state index contributed by atoms with van der Waals surface area (Å²) in [7, 11) is 4.76. The average Bonchev–Trinajstić information content (AvgIpc) is 2.83. The molecule has 1 saturated heterocycles. The number of piperidine rings is 1. The van der Waals surface area contributed by atoms with Crippen LogP contribution >= 0.6 is 0 Å². The maximum Gasteiger partial charge on any atom is 0.332 e. The zero-order chi connectivity index (χ0) is 22.7. The Morgan fingerprint density at radius 2 is 1.88 bits per heavy atom. The minimum atomic E-state index is -0.367. The van der Waals surface area contributed by atoms with Crippen molar-refractivity contribution in [2.45, 2.75) is 31.8 Å². The van der Waals surface area contributed by atoms with E-state index in [4.69, 9.17) is 14.5 Å². The summed E-state index contributed by atoms with van der Waals surface area (Å²) in [5.41, 5.74) is 1.93. The zero-order valence-corrected chi connectivity index (χ0v) is 18.9. The fourth-order valence-electron chi connectivity index (χ4n) is 4.42. The Morgan fingerprint density at radius 3 is 2.59 bits per heavy atom. The fourth-order valence-corrected chi connectivity index (χ4v) is 4.42. The van der Waals surface area contributed by atoms with Gasteiger partial charge in [0.1, 0.15) is 11.4 Å². The van der Waals surface area contributed by atoms with Crippen molar-refractivity contribution < 1.29 is 9.47 Å². The molecule has 1 fully saturated rings. The lowest BCUT2D eigenvalue weighted by molar-refractivity contribution is 0.186. The zero-order valence-electron chi connectivity index (χ0n) is 18.9. The van der Waals surface area contributed by atoms with E-state index in [9.17, 15) is 9.59 Å². The molecule has 1 aromatic carbocycles. The predicted molar refractivity (Wildman–Crippen MR) is 123 cm³/mol.